The average Bonchev–Trinajstić information content (AvgIpc) is 2.31. The SMILES string of the molecule is CC[P+](CC)(CC)CC.O=S(=O)([O-])C(F)(F)C(F)(F)F. The van der Waals surface area contributed by atoms with E-state index in [1.54, 1.807) is 0 Å². The predicted octanol–water partition coefficient (Wildman–Crippen LogP) is 3.77. The van der Waals surface area contributed by atoms with Crippen LogP contribution >= 0.6 is 7.26 Å². The molecule has 0 fully saturated rings. The first-order valence-corrected chi connectivity index (χ1v) is 9.93. The van der Waals surface area contributed by atoms with Gasteiger partial charge in [0.25, 0.3) is 0 Å². The quantitative estimate of drug-likeness (QED) is 0.433. The Morgan fingerprint density at radius 2 is 1.10 bits per heavy atom. The minimum Gasteiger partial charge on any atom is -0.743 e. The molecule has 10 heteroatoms. The fraction of sp³-hybridized carbons (Fsp3) is 1.00. The summed E-state index contributed by atoms with van der Waals surface area (Å²) in [5.74, 6) is 0. The number of hydrogen-bond donors (Lipinski definition) is 0. The van der Waals surface area contributed by atoms with Gasteiger partial charge in [-0.3, -0.25) is 0 Å². The van der Waals surface area contributed by atoms with Crippen molar-refractivity contribution in [1.29, 1.82) is 0 Å². The Balaban J connectivity index is 0. The van der Waals surface area contributed by atoms with Crippen molar-refractivity contribution in [3.63, 3.8) is 0 Å². The summed E-state index contributed by atoms with van der Waals surface area (Å²) in [6.45, 7) is 9.41. The minimum absolute atomic E-state index is 0.420. The smallest absolute Gasteiger partial charge is 0.468 e. The van der Waals surface area contributed by atoms with Crippen molar-refractivity contribution in [3.05, 3.63) is 0 Å². The molecule has 0 saturated heterocycles. The molecule has 0 aromatic rings. The van der Waals surface area contributed by atoms with Crippen LogP contribution in [0, 0.1) is 0 Å². The molecule has 0 aliphatic carbocycles. The summed E-state index contributed by atoms with van der Waals surface area (Å²) in [5, 5.41) is -6.21. The van der Waals surface area contributed by atoms with E-state index >= 15 is 0 Å². The monoisotopic (exact) mass is 346 g/mol. The van der Waals surface area contributed by atoms with Crippen molar-refractivity contribution in [2.45, 2.75) is 39.1 Å². The molecule has 0 aliphatic rings. The lowest BCUT2D eigenvalue weighted by Crippen LogP contribution is -2.43. The summed E-state index contributed by atoms with van der Waals surface area (Å²) >= 11 is 0. The van der Waals surface area contributed by atoms with Crippen molar-refractivity contribution in [3.8, 4) is 0 Å². The summed E-state index contributed by atoms with van der Waals surface area (Å²) in [5.41, 5.74) is 0. The van der Waals surface area contributed by atoms with Crippen LogP contribution < -0.4 is 0 Å². The third kappa shape index (κ3) is 5.77. The van der Waals surface area contributed by atoms with Crippen LogP contribution in [0.5, 0.6) is 0 Å². The van der Waals surface area contributed by atoms with Gasteiger partial charge < -0.3 is 4.55 Å². The molecule has 0 spiro atoms. The van der Waals surface area contributed by atoms with Crippen molar-refractivity contribution < 1.29 is 34.9 Å². The Kier molecular flexibility index (Phi) is 8.74. The van der Waals surface area contributed by atoms with Crippen LogP contribution in [0.4, 0.5) is 22.0 Å². The van der Waals surface area contributed by atoms with E-state index in [1.165, 1.54) is 24.6 Å². The topological polar surface area (TPSA) is 57.2 Å². The molecule has 3 nitrogen and oxygen atoms in total. The maximum Gasteiger partial charge on any atom is 0.468 e. The summed E-state index contributed by atoms with van der Waals surface area (Å²) < 4.78 is 83.6. The van der Waals surface area contributed by atoms with Gasteiger partial charge in [-0.2, -0.15) is 22.0 Å². The molecule has 0 saturated carbocycles. The number of alkyl halides is 5. The van der Waals surface area contributed by atoms with E-state index < -0.39 is 28.8 Å². The second-order valence-electron chi connectivity index (χ2n) is 4.08. The number of halogens is 5. The molecule has 0 N–H and O–H groups in total. The molecule has 124 valence electrons. The zero-order chi connectivity index (χ0) is 16.8. The molecule has 0 rings (SSSR count). The van der Waals surface area contributed by atoms with E-state index in [2.05, 4.69) is 27.7 Å². The zero-order valence-electron chi connectivity index (χ0n) is 11.8. The lowest BCUT2D eigenvalue weighted by Gasteiger charge is -2.21. The van der Waals surface area contributed by atoms with Gasteiger partial charge in [-0.15, -0.1) is 0 Å². The molecule has 0 aromatic carbocycles. The predicted molar refractivity (Wildman–Crippen MR) is 69.8 cm³/mol. The van der Waals surface area contributed by atoms with Crippen LogP contribution in [0.2, 0.25) is 0 Å². The molecule has 0 heterocycles. The van der Waals surface area contributed by atoms with Gasteiger partial charge in [0, 0.05) is 7.26 Å². The lowest BCUT2D eigenvalue weighted by atomic mass is 10.7. The molecular formula is C10H20F5O3PS. The van der Waals surface area contributed by atoms with Crippen LogP contribution in [0.15, 0.2) is 0 Å². The van der Waals surface area contributed by atoms with Crippen molar-refractivity contribution in [1.82, 2.24) is 0 Å². The molecule has 0 unspecified atom stereocenters. The van der Waals surface area contributed by atoms with Crippen LogP contribution in [0.25, 0.3) is 0 Å². The fourth-order valence-electron chi connectivity index (χ4n) is 1.48. The van der Waals surface area contributed by atoms with Crippen LogP contribution in [0.1, 0.15) is 27.7 Å². The first kappa shape index (κ1) is 22.3. The molecule has 0 aliphatic heterocycles. The summed E-state index contributed by atoms with van der Waals surface area (Å²) in [6, 6.07) is 0. The Hall–Kier alpha value is -0.0100. The molecule has 0 bridgehead atoms. The largest absolute Gasteiger partial charge is 0.743 e. The highest BCUT2D eigenvalue weighted by Gasteiger charge is 2.63. The van der Waals surface area contributed by atoms with Gasteiger partial charge in [0.15, 0.2) is 10.1 Å². The van der Waals surface area contributed by atoms with Crippen molar-refractivity contribution in [2.24, 2.45) is 0 Å². The van der Waals surface area contributed by atoms with Gasteiger partial charge in [-0.1, -0.05) is 0 Å². The summed E-state index contributed by atoms with van der Waals surface area (Å²) in [6.07, 6.45) is -0.534. The average molecular weight is 346 g/mol. The molecule has 0 atom stereocenters. The standard InChI is InChI=1S/C8H20P.C2HF5O3S/c1-5-9(6-2,7-3)8-4;3-1(4,5)2(6,7)11(8,9)10/h5-8H2,1-4H3;(H,8,9,10)/q+1;/p-1. The minimum atomic E-state index is -6.67. The highest BCUT2D eigenvalue weighted by Crippen LogP contribution is 2.57. The molecule has 0 amide bonds. The van der Waals surface area contributed by atoms with Crippen LogP contribution in [-0.2, 0) is 10.1 Å². The van der Waals surface area contributed by atoms with E-state index in [0.717, 1.165) is 0 Å². The second-order valence-corrected chi connectivity index (χ2v) is 10.7. The number of rotatable bonds is 5. The number of hydrogen-bond acceptors (Lipinski definition) is 3. The molecule has 20 heavy (non-hydrogen) atoms. The van der Waals surface area contributed by atoms with Gasteiger partial charge in [0.1, 0.15) is 0 Å². The maximum atomic E-state index is 11.4. The van der Waals surface area contributed by atoms with Gasteiger partial charge in [0.05, 0.1) is 24.6 Å². The molecule has 0 radical (unpaired) electrons. The molecule has 0 aromatic heterocycles. The van der Waals surface area contributed by atoms with E-state index in [9.17, 15) is 34.9 Å². The second kappa shape index (κ2) is 7.84. The van der Waals surface area contributed by atoms with Gasteiger partial charge >= 0.3 is 11.4 Å². The summed E-state index contributed by atoms with van der Waals surface area (Å²) in [7, 11) is -7.09. The third-order valence-corrected chi connectivity index (χ3v) is 9.55. The van der Waals surface area contributed by atoms with Crippen molar-refractivity contribution >= 4 is 17.4 Å². The van der Waals surface area contributed by atoms with Crippen LogP contribution in [-0.4, -0.2) is 49.0 Å². The highest BCUT2D eigenvalue weighted by molar-refractivity contribution is 7.86. The van der Waals surface area contributed by atoms with E-state index in [-0.39, 0.29) is 0 Å². The first-order valence-electron chi connectivity index (χ1n) is 5.99. The lowest BCUT2D eigenvalue weighted by molar-refractivity contribution is -0.243. The Morgan fingerprint density at radius 3 is 1.10 bits per heavy atom. The zero-order valence-corrected chi connectivity index (χ0v) is 13.5. The Labute approximate surface area is 117 Å². The Morgan fingerprint density at radius 1 is 0.850 bits per heavy atom. The van der Waals surface area contributed by atoms with Gasteiger partial charge in [-0.05, 0) is 27.7 Å². The van der Waals surface area contributed by atoms with Crippen molar-refractivity contribution in [2.75, 3.05) is 24.6 Å². The maximum absolute atomic E-state index is 11.4. The Bertz CT molecular complexity index is 359. The third-order valence-electron chi connectivity index (χ3n) is 3.33. The van der Waals surface area contributed by atoms with E-state index in [0.29, 0.717) is 0 Å². The summed E-state index contributed by atoms with van der Waals surface area (Å²) in [4.78, 5) is 0. The first-order chi connectivity index (χ1) is 8.74. The van der Waals surface area contributed by atoms with E-state index in [1.807, 2.05) is 0 Å². The van der Waals surface area contributed by atoms with Gasteiger partial charge in [-0.25, -0.2) is 8.42 Å². The molecular weight excluding hydrogens is 326 g/mol. The fourth-order valence-corrected chi connectivity index (χ4v) is 4.45. The highest BCUT2D eigenvalue weighted by atomic mass is 32.2. The van der Waals surface area contributed by atoms with E-state index in [4.69, 9.17) is 0 Å². The normalized spacial score (nSPS) is 13.7. The van der Waals surface area contributed by atoms with Crippen LogP contribution in [0.3, 0.4) is 0 Å². The van der Waals surface area contributed by atoms with Gasteiger partial charge in [0.2, 0.25) is 0 Å².